The number of aryl methyl sites for hydroxylation is 2. The van der Waals surface area contributed by atoms with Gasteiger partial charge in [-0.2, -0.15) is 0 Å². The van der Waals surface area contributed by atoms with Crippen LogP contribution in [0.25, 0.3) is 6.08 Å². The lowest BCUT2D eigenvalue weighted by atomic mass is 10.1. The fourth-order valence-electron chi connectivity index (χ4n) is 2.59. The molecule has 0 bridgehead atoms. The molecule has 4 nitrogen and oxygen atoms in total. The number of ether oxygens (including phenoxy) is 1. The van der Waals surface area contributed by atoms with Gasteiger partial charge in [0.15, 0.2) is 5.17 Å². The zero-order valence-electron chi connectivity index (χ0n) is 15.4. The monoisotopic (exact) mass is 366 g/mol. The van der Waals surface area contributed by atoms with Crippen LogP contribution in [0.2, 0.25) is 0 Å². The van der Waals surface area contributed by atoms with Gasteiger partial charge < -0.3 is 4.74 Å². The first kappa shape index (κ1) is 18.3. The van der Waals surface area contributed by atoms with E-state index in [0.29, 0.717) is 16.7 Å². The number of carbonyl (C=O) groups excluding carboxylic acids is 1. The fraction of sp³-hybridized carbons (Fsp3) is 0.238. The van der Waals surface area contributed by atoms with Crippen molar-refractivity contribution in [2.24, 2.45) is 4.99 Å². The summed E-state index contributed by atoms with van der Waals surface area (Å²) >= 11 is 1.39. The third kappa shape index (κ3) is 3.83. The predicted molar refractivity (Wildman–Crippen MR) is 109 cm³/mol. The number of carbonyl (C=O) groups is 1. The second-order valence-corrected chi connectivity index (χ2v) is 7.12. The summed E-state index contributed by atoms with van der Waals surface area (Å²) in [5, 5.41) is 0.679. The minimum absolute atomic E-state index is 0.0520. The van der Waals surface area contributed by atoms with Crippen molar-refractivity contribution in [3.8, 4) is 5.75 Å². The topological polar surface area (TPSA) is 41.9 Å². The predicted octanol–water partition coefficient (Wildman–Crippen LogP) is 4.94. The number of thioether (sulfide) groups is 1. The van der Waals surface area contributed by atoms with Crippen molar-refractivity contribution in [1.29, 1.82) is 0 Å². The highest BCUT2D eigenvalue weighted by molar-refractivity contribution is 8.18. The maximum Gasteiger partial charge on any atom is 0.266 e. The van der Waals surface area contributed by atoms with Crippen LogP contribution in [0, 0.1) is 13.8 Å². The van der Waals surface area contributed by atoms with Gasteiger partial charge in [0.25, 0.3) is 5.91 Å². The Hall–Kier alpha value is -2.53. The summed E-state index contributed by atoms with van der Waals surface area (Å²) in [6.07, 6.45) is 1.87. The van der Waals surface area contributed by atoms with E-state index in [1.165, 1.54) is 22.9 Å². The van der Waals surface area contributed by atoms with Gasteiger partial charge in [0, 0.05) is 12.6 Å². The number of rotatable bonds is 4. The third-order valence-electron chi connectivity index (χ3n) is 4.22. The average Bonchev–Trinajstić information content (AvgIpc) is 2.88. The fourth-order valence-corrected chi connectivity index (χ4v) is 3.56. The summed E-state index contributed by atoms with van der Waals surface area (Å²) in [6, 6.07) is 13.8. The number of hydrogen-bond acceptors (Lipinski definition) is 4. The number of benzene rings is 2. The molecule has 2 aromatic rings. The van der Waals surface area contributed by atoms with Crippen LogP contribution in [0.1, 0.15) is 23.6 Å². The molecule has 0 aliphatic carbocycles. The molecule has 1 fully saturated rings. The molecule has 0 spiro atoms. The van der Waals surface area contributed by atoms with E-state index in [1.54, 1.807) is 11.9 Å². The Morgan fingerprint density at radius 2 is 1.92 bits per heavy atom. The van der Waals surface area contributed by atoms with Crippen LogP contribution in [0.3, 0.4) is 0 Å². The highest BCUT2D eigenvalue weighted by atomic mass is 32.2. The highest BCUT2D eigenvalue weighted by Crippen LogP contribution is 2.34. The molecule has 0 saturated carbocycles. The lowest BCUT2D eigenvalue weighted by Crippen LogP contribution is -2.23. The third-order valence-corrected chi connectivity index (χ3v) is 5.28. The molecule has 134 valence electrons. The van der Waals surface area contributed by atoms with E-state index < -0.39 is 0 Å². The normalized spacial score (nSPS) is 17.4. The van der Waals surface area contributed by atoms with Crippen molar-refractivity contribution >= 4 is 34.6 Å². The number of amides is 1. The number of hydrogen-bond donors (Lipinski definition) is 0. The van der Waals surface area contributed by atoms with Gasteiger partial charge >= 0.3 is 0 Å². The second-order valence-electron chi connectivity index (χ2n) is 6.11. The summed E-state index contributed by atoms with van der Waals surface area (Å²) in [6.45, 7) is 6.66. The molecule has 0 radical (unpaired) electrons. The largest absolute Gasteiger partial charge is 0.493 e. The Bertz CT molecular complexity index is 903. The molecule has 0 unspecified atom stereocenters. The Balaban J connectivity index is 1.91. The van der Waals surface area contributed by atoms with E-state index in [9.17, 15) is 4.79 Å². The molecule has 3 rings (SSSR count). The van der Waals surface area contributed by atoms with Gasteiger partial charge in [0.05, 0.1) is 17.2 Å². The molecule has 1 heterocycles. The Labute approximate surface area is 158 Å². The van der Waals surface area contributed by atoms with E-state index in [-0.39, 0.29) is 5.91 Å². The quantitative estimate of drug-likeness (QED) is 0.720. The van der Waals surface area contributed by atoms with Gasteiger partial charge in [-0.25, -0.2) is 4.99 Å². The highest BCUT2D eigenvalue weighted by Gasteiger charge is 2.30. The number of nitrogens with zero attached hydrogens (tertiary/aromatic N) is 2. The molecule has 1 saturated heterocycles. The van der Waals surface area contributed by atoms with Crippen LogP contribution in [0.15, 0.2) is 52.4 Å². The molecule has 1 amide bonds. The molecule has 1 aliphatic heterocycles. The Morgan fingerprint density at radius 3 is 2.65 bits per heavy atom. The summed E-state index contributed by atoms with van der Waals surface area (Å²) in [5.41, 5.74) is 4.16. The van der Waals surface area contributed by atoms with Crippen molar-refractivity contribution in [2.75, 3.05) is 13.7 Å². The van der Waals surface area contributed by atoms with Crippen molar-refractivity contribution in [2.45, 2.75) is 20.8 Å². The van der Waals surface area contributed by atoms with E-state index in [2.05, 4.69) is 18.8 Å². The van der Waals surface area contributed by atoms with Crippen LogP contribution in [-0.4, -0.2) is 29.6 Å². The van der Waals surface area contributed by atoms with E-state index >= 15 is 0 Å². The Morgan fingerprint density at radius 1 is 1.15 bits per heavy atom. The minimum Gasteiger partial charge on any atom is -0.493 e. The molecule has 0 atom stereocenters. The van der Waals surface area contributed by atoms with Crippen molar-refractivity contribution in [3.63, 3.8) is 0 Å². The van der Waals surface area contributed by atoms with Gasteiger partial charge in [0.1, 0.15) is 5.75 Å². The first-order chi connectivity index (χ1) is 12.5. The number of likely N-dealkylation sites (N-methyl/N-ethyl adjacent to an activating group) is 1. The first-order valence-corrected chi connectivity index (χ1v) is 9.36. The number of aliphatic imine (C=N–C) groups is 1. The van der Waals surface area contributed by atoms with E-state index in [1.807, 2.05) is 55.5 Å². The van der Waals surface area contributed by atoms with Crippen LogP contribution in [-0.2, 0) is 4.79 Å². The van der Waals surface area contributed by atoms with Crippen LogP contribution >= 0.6 is 11.8 Å². The minimum atomic E-state index is -0.0520. The van der Waals surface area contributed by atoms with Gasteiger partial charge in [-0.3, -0.25) is 9.69 Å². The van der Waals surface area contributed by atoms with Crippen LogP contribution in [0.4, 0.5) is 5.69 Å². The molecule has 5 heteroatoms. The van der Waals surface area contributed by atoms with Gasteiger partial charge in [0.2, 0.25) is 0 Å². The molecule has 26 heavy (non-hydrogen) atoms. The van der Waals surface area contributed by atoms with Crippen LogP contribution in [0.5, 0.6) is 5.75 Å². The molecule has 0 aromatic heterocycles. The molecular formula is C21H22N2O2S. The SMILES string of the molecule is CCOc1ccccc1/C=C1/SC(=Nc2ccc(C)c(C)c2)N(C)C1=O. The zero-order chi connectivity index (χ0) is 18.7. The van der Waals surface area contributed by atoms with Crippen molar-refractivity contribution in [3.05, 3.63) is 64.1 Å². The lowest BCUT2D eigenvalue weighted by molar-refractivity contribution is -0.121. The Kier molecular flexibility index (Phi) is 5.47. The maximum absolute atomic E-state index is 12.6. The standard InChI is InChI=1S/C21H22N2O2S/c1-5-25-18-9-7-6-8-16(18)13-19-20(24)23(4)21(26-19)22-17-11-10-14(2)15(3)12-17/h6-13H,5H2,1-4H3/b19-13+,22-21?. The average molecular weight is 366 g/mol. The van der Waals surface area contributed by atoms with Gasteiger partial charge in [-0.05, 0) is 67.9 Å². The van der Waals surface area contributed by atoms with Gasteiger partial charge in [-0.15, -0.1) is 0 Å². The number of para-hydroxylation sites is 1. The smallest absolute Gasteiger partial charge is 0.266 e. The molecule has 1 aliphatic rings. The maximum atomic E-state index is 12.6. The molecular weight excluding hydrogens is 344 g/mol. The summed E-state index contributed by atoms with van der Waals surface area (Å²) < 4.78 is 5.65. The van der Waals surface area contributed by atoms with Crippen molar-refractivity contribution < 1.29 is 9.53 Å². The summed E-state index contributed by atoms with van der Waals surface area (Å²) in [7, 11) is 1.75. The summed E-state index contributed by atoms with van der Waals surface area (Å²) in [5.74, 6) is 0.724. The lowest BCUT2D eigenvalue weighted by Gasteiger charge is -2.08. The van der Waals surface area contributed by atoms with Crippen molar-refractivity contribution in [1.82, 2.24) is 4.90 Å². The first-order valence-electron chi connectivity index (χ1n) is 8.55. The zero-order valence-corrected chi connectivity index (χ0v) is 16.3. The van der Waals surface area contributed by atoms with E-state index in [4.69, 9.17) is 4.74 Å². The van der Waals surface area contributed by atoms with E-state index in [0.717, 1.165) is 17.0 Å². The second kappa shape index (κ2) is 7.79. The van der Waals surface area contributed by atoms with Crippen LogP contribution < -0.4 is 4.74 Å². The number of amidine groups is 1. The molecule has 2 aromatic carbocycles. The summed E-state index contributed by atoms with van der Waals surface area (Å²) in [4.78, 5) is 19.5. The van der Waals surface area contributed by atoms with Gasteiger partial charge in [-0.1, -0.05) is 24.3 Å². The molecule has 0 N–H and O–H groups in total.